The third kappa shape index (κ3) is 3.77. The Labute approximate surface area is 181 Å². The minimum Gasteiger partial charge on any atom is -0.322 e. The molecule has 2 fully saturated rings. The Morgan fingerprint density at radius 3 is 2.19 bits per heavy atom. The number of aryl methyl sites for hydroxylation is 2. The summed E-state index contributed by atoms with van der Waals surface area (Å²) in [7, 11) is -3.95. The molecular formula is C22H25FN3O4S+. The van der Waals surface area contributed by atoms with Gasteiger partial charge in [0.05, 0.1) is 38.3 Å². The van der Waals surface area contributed by atoms with Gasteiger partial charge in [-0.3, -0.25) is 9.59 Å². The summed E-state index contributed by atoms with van der Waals surface area (Å²) >= 11 is 0. The number of para-hydroxylation sites is 1. The van der Waals surface area contributed by atoms with Gasteiger partial charge in [0.2, 0.25) is 15.9 Å². The maximum atomic E-state index is 14.0. The van der Waals surface area contributed by atoms with Crippen molar-refractivity contribution in [2.75, 3.05) is 31.1 Å². The largest absolute Gasteiger partial charge is 0.322 e. The van der Waals surface area contributed by atoms with Crippen LogP contribution in [0.25, 0.3) is 0 Å². The molecule has 0 aromatic heterocycles. The van der Waals surface area contributed by atoms with E-state index in [1.54, 1.807) is 0 Å². The lowest BCUT2D eigenvalue weighted by molar-refractivity contribution is -0.918. The number of nitrogens with zero attached hydrogens (tertiary/aromatic N) is 2. The molecule has 9 heteroatoms. The highest BCUT2D eigenvalue weighted by atomic mass is 32.2. The highest BCUT2D eigenvalue weighted by Crippen LogP contribution is 2.29. The second kappa shape index (κ2) is 8.14. The van der Waals surface area contributed by atoms with E-state index < -0.39 is 21.9 Å². The van der Waals surface area contributed by atoms with Crippen molar-refractivity contribution in [1.82, 2.24) is 4.31 Å². The van der Waals surface area contributed by atoms with Crippen LogP contribution in [0.5, 0.6) is 0 Å². The topological polar surface area (TPSA) is 79.2 Å². The van der Waals surface area contributed by atoms with Crippen molar-refractivity contribution in [2.45, 2.75) is 31.2 Å². The fraction of sp³-hybridized carbons (Fsp3) is 0.364. The van der Waals surface area contributed by atoms with Crippen molar-refractivity contribution in [3.63, 3.8) is 0 Å². The molecule has 0 saturated carbocycles. The Bertz CT molecular complexity index is 1120. The van der Waals surface area contributed by atoms with Gasteiger partial charge in [0.25, 0.3) is 5.91 Å². The number of hydrogen-bond donors (Lipinski definition) is 1. The molecular weight excluding hydrogens is 421 g/mol. The molecule has 1 atom stereocenters. The number of hydrogen-bond acceptors (Lipinski definition) is 4. The lowest BCUT2D eigenvalue weighted by Gasteiger charge is -2.33. The minimum absolute atomic E-state index is 0.0992. The van der Waals surface area contributed by atoms with E-state index in [9.17, 15) is 22.4 Å². The number of rotatable bonds is 4. The summed E-state index contributed by atoms with van der Waals surface area (Å²) in [4.78, 5) is 27.7. The van der Waals surface area contributed by atoms with Crippen molar-refractivity contribution in [2.24, 2.45) is 0 Å². The van der Waals surface area contributed by atoms with Gasteiger partial charge in [-0.25, -0.2) is 17.7 Å². The molecule has 7 nitrogen and oxygen atoms in total. The molecule has 2 aromatic rings. The lowest BCUT2D eigenvalue weighted by Crippen LogP contribution is -3.19. The standard InChI is InChI=1S/C22H24FN3O4S/c1-15-6-5-7-16(2)21(15)26-20(27)14-18(22(26)28)24-10-12-25(13-11-24)31(29,30)19-9-4-3-8-17(19)23/h3-9,18H,10-14H2,1-2H3/p+1/t18-/m0/s1. The van der Waals surface area contributed by atoms with E-state index in [0.717, 1.165) is 22.1 Å². The molecule has 31 heavy (non-hydrogen) atoms. The zero-order valence-electron chi connectivity index (χ0n) is 17.5. The smallest absolute Gasteiger partial charge is 0.292 e. The average Bonchev–Trinajstić information content (AvgIpc) is 3.03. The summed E-state index contributed by atoms with van der Waals surface area (Å²) in [5.41, 5.74) is 2.36. The molecule has 0 radical (unpaired) electrons. The van der Waals surface area contributed by atoms with Crippen molar-refractivity contribution in [3.05, 3.63) is 59.4 Å². The predicted molar refractivity (Wildman–Crippen MR) is 113 cm³/mol. The first-order chi connectivity index (χ1) is 14.7. The summed E-state index contributed by atoms with van der Waals surface area (Å²) in [5.74, 6) is -1.26. The van der Waals surface area contributed by atoms with Gasteiger partial charge in [-0.15, -0.1) is 0 Å². The third-order valence-electron chi connectivity index (χ3n) is 6.12. The van der Waals surface area contributed by atoms with Crippen LogP contribution in [-0.2, 0) is 19.6 Å². The number of halogens is 1. The van der Waals surface area contributed by atoms with Crippen molar-refractivity contribution in [3.8, 4) is 0 Å². The van der Waals surface area contributed by atoms with Crippen molar-refractivity contribution >= 4 is 27.5 Å². The summed E-state index contributed by atoms with van der Waals surface area (Å²) < 4.78 is 40.9. The van der Waals surface area contributed by atoms with E-state index in [-0.39, 0.29) is 36.2 Å². The molecule has 2 heterocycles. The SMILES string of the molecule is Cc1cccc(C)c1N1C(=O)C[C@H]([NH+]2CCN(S(=O)(=O)c3ccccc3F)CC2)C1=O. The van der Waals surface area contributed by atoms with E-state index >= 15 is 0 Å². The second-order valence-electron chi connectivity index (χ2n) is 8.06. The van der Waals surface area contributed by atoms with Crippen molar-refractivity contribution < 1.29 is 27.3 Å². The van der Waals surface area contributed by atoms with Crippen LogP contribution in [0.4, 0.5) is 10.1 Å². The van der Waals surface area contributed by atoms with Crippen molar-refractivity contribution in [1.29, 1.82) is 0 Å². The van der Waals surface area contributed by atoms with Crippen LogP contribution in [-0.4, -0.2) is 56.8 Å². The lowest BCUT2D eigenvalue weighted by atomic mass is 10.1. The van der Waals surface area contributed by atoms with Crippen LogP contribution >= 0.6 is 0 Å². The first kappa shape index (κ1) is 21.6. The number of quaternary nitrogens is 1. The Kier molecular flexibility index (Phi) is 5.67. The fourth-order valence-electron chi connectivity index (χ4n) is 4.50. The van der Waals surface area contributed by atoms with Crippen LogP contribution in [0.1, 0.15) is 17.5 Å². The van der Waals surface area contributed by atoms with Gasteiger partial charge >= 0.3 is 0 Å². The summed E-state index contributed by atoms with van der Waals surface area (Å²) in [6.07, 6.45) is 0.0992. The highest BCUT2D eigenvalue weighted by Gasteiger charge is 2.47. The number of benzene rings is 2. The zero-order chi connectivity index (χ0) is 22.3. The minimum atomic E-state index is -3.95. The fourth-order valence-corrected chi connectivity index (χ4v) is 6.01. The van der Waals surface area contributed by atoms with Gasteiger partial charge in [0.1, 0.15) is 10.7 Å². The van der Waals surface area contributed by atoms with Crippen LogP contribution < -0.4 is 9.80 Å². The molecule has 2 aromatic carbocycles. The van der Waals surface area contributed by atoms with E-state index in [1.807, 2.05) is 32.0 Å². The highest BCUT2D eigenvalue weighted by molar-refractivity contribution is 7.89. The molecule has 2 amide bonds. The number of carbonyl (C=O) groups excluding carboxylic acids is 2. The van der Waals surface area contributed by atoms with E-state index in [4.69, 9.17) is 0 Å². The Morgan fingerprint density at radius 2 is 1.58 bits per heavy atom. The first-order valence-corrected chi connectivity index (χ1v) is 11.7. The molecule has 2 aliphatic heterocycles. The summed E-state index contributed by atoms with van der Waals surface area (Å²) in [6, 6.07) is 10.4. The number of amides is 2. The molecule has 0 spiro atoms. The van der Waals surface area contributed by atoms with Gasteiger partial charge in [0.15, 0.2) is 6.04 Å². The number of nitrogens with one attached hydrogen (secondary N) is 1. The van der Waals surface area contributed by atoms with Gasteiger partial charge in [-0.1, -0.05) is 30.3 Å². The molecule has 4 rings (SSSR count). The quantitative estimate of drug-likeness (QED) is 0.700. The normalized spacial score (nSPS) is 21.1. The number of carbonyl (C=O) groups is 2. The van der Waals surface area contributed by atoms with Gasteiger partial charge in [-0.05, 0) is 37.1 Å². The van der Waals surface area contributed by atoms with Crippen LogP contribution in [0, 0.1) is 19.7 Å². The number of sulfonamides is 1. The van der Waals surface area contributed by atoms with E-state index in [0.29, 0.717) is 18.8 Å². The molecule has 164 valence electrons. The number of imide groups is 1. The molecule has 0 unspecified atom stereocenters. The van der Waals surface area contributed by atoms with E-state index in [1.165, 1.54) is 27.4 Å². The third-order valence-corrected chi connectivity index (χ3v) is 8.05. The van der Waals surface area contributed by atoms with E-state index in [2.05, 4.69) is 0 Å². The van der Waals surface area contributed by atoms with Crippen LogP contribution in [0.2, 0.25) is 0 Å². The Hall–Kier alpha value is -2.62. The molecule has 2 aliphatic rings. The molecule has 1 N–H and O–H groups in total. The Morgan fingerprint density at radius 1 is 0.968 bits per heavy atom. The second-order valence-corrected chi connectivity index (χ2v) is 9.96. The van der Waals surface area contributed by atoms with Gasteiger partial charge in [0, 0.05) is 0 Å². The predicted octanol–water partition coefficient (Wildman–Crippen LogP) is 0.664. The average molecular weight is 447 g/mol. The maximum Gasteiger partial charge on any atom is 0.292 e. The number of anilines is 1. The van der Waals surface area contributed by atoms with Gasteiger partial charge < -0.3 is 4.90 Å². The van der Waals surface area contributed by atoms with Crippen LogP contribution in [0.3, 0.4) is 0 Å². The first-order valence-electron chi connectivity index (χ1n) is 10.2. The van der Waals surface area contributed by atoms with Crippen LogP contribution in [0.15, 0.2) is 47.4 Å². The molecule has 2 saturated heterocycles. The van der Waals surface area contributed by atoms with Gasteiger partial charge in [-0.2, -0.15) is 4.31 Å². The number of piperazine rings is 1. The summed E-state index contributed by atoms with van der Waals surface area (Å²) in [6.45, 7) is 4.81. The zero-order valence-corrected chi connectivity index (χ0v) is 18.3. The maximum absolute atomic E-state index is 14.0. The molecule has 0 bridgehead atoms. The Balaban J connectivity index is 1.49. The summed E-state index contributed by atoms with van der Waals surface area (Å²) in [5, 5.41) is 0. The monoisotopic (exact) mass is 446 g/mol. The molecule has 0 aliphatic carbocycles.